The number of anilines is 1. The van der Waals surface area contributed by atoms with E-state index in [2.05, 4.69) is 16.0 Å². The van der Waals surface area contributed by atoms with Gasteiger partial charge in [-0.3, -0.25) is 9.59 Å². The van der Waals surface area contributed by atoms with Crippen molar-refractivity contribution in [1.82, 2.24) is 10.6 Å². The summed E-state index contributed by atoms with van der Waals surface area (Å²) < 4.78 is 5.20. The molecule has 160 valence electrons. The number of benzene rings is 3. The second-order valence-corrected chi connectivity index (χ2v) is 7.56. The van der Waals surface area contributed by atoms with E-state index in [9.17, 15) is 9.59 Å². The number of hydrogen-bond donors (Lipinski definition) is 3. The molecule has 0 aliphatic carbocycles. The van der Waals surface area contributed by atoms with Gasteiger partial charge in [0.15, 0.2) is 5.11 Å². The SMILES string of the molecule is O=C(Cc1cccc2ccccc12)NC(=S)Nc1ccc(C(=O)NCc2ccco2)cc1. The highest BCUT2D eigenvalue weighted by Gasteiger charge is 2.10. The molecule has 3 aromatic carbocycles. The van der Waals surface area contributed by atoms with Crippen molar-refractivity contribution in [3.8, 4) is 0 Å². The van der Waals surface area contributed by atoms with E-state index in [0.717, 1.165) is 16.3 Å². The molecule has 0 atom stereocenters. The van der Waals surface area contributed by atoms with E-state index in [1.807, 2.05) is 42.5 Å². The minimum Gasteiger partial charge on any atom is -0.467 e. The van der Waals surface area contributed by atoms with Gasteiger partial charge >= 0.3 is 0 Å². The third-order valence-corrected chi connectivity index (χ3v) is 5.10. The Bertz CT molecular complexity index is 1250. The number of fused-ring (bicyclic) bond motifs is 1. The van der Waals surface area contributed by atoms with Crippen molar-refractivity contribution in [2.75, 3.05) is 5.32 Å². The maximum Gasteiger partial charge on any atom is 0.251 e. The monoisotopic (exact) mass is 443 g/mol. The van der Waals surface area contributed by atoms with Crippen molar-refractivity contribution in [2.24, 2.45) is 0 Å². The van der Waals surface area contributed by atoms with Crippen molar-refractivity contribution < 1.29 is 14.0 Å². The highest BCUT2D eigenvalue weighted by atomic mass is 32.1. The first-order valence-electron chi connectivity index (χ1n) is 10.1. The second-order valence-electron chi connectivity index (χ2n) is 7.16. The van der Waals surface area contributed by atoms with Crippen LogP contribution < -0.4 is 16.0 Å². The van der Waals surface area contributed by atoms with Gasteiger partial charge in [0.05, 0.1) is 19.2 Å². The lowest BCUT2D eigenvalue weighted by molar-refractivity contribution is -0.119. The van der Waals surface area contributed by atoms with Crippen molar-refractivity contribution in [1.29, 1.82) is 0 Å². The van der Waals surface area contributed by atoms with Crippen LogP contribution in [0.1, 0.15) is 21.7 Å². The number of furan rings is 1. The van der Waals surface area contributed by atoms with Crippen LogP contribution in [0.5, 0.6) is 0 Å². The number of carbonyl (C=O) groups excluding carboxylic acids is 2. The molecule has 0 aliphatic heterocycles. The molecule has 0 saturated heterocycles. The Hall–Kier alpha value is -3.97. The van der Waals surface area contributed by atoms with E-state index in [-0.39, 0.29) is 23.3 Å². The Labute approximate surface area is 190 Å². The molecule has 7 heteroatoms. The number of nitrogens with one attached hydrogen (secondary N) is 3. The Morgan fingerprint density at radius 2 is 1.66 bits per heavy atom. The summed E-state index contributed by atoms with van der Waals surface area (Å²) in [5.41, 5.74) is 2.12. The summed E-state index contributed by atoms with van der Waals surface area (Å²) in [6.07, 6.45) is 1.78. The van der Waals surface area contributed by atoms with E-state index >= 15 is 0 Å². The predicted octanol–water partition coefficient (Wildman–Crippen LogP) is 4.42. The molecule has 4 rings (SSSR count). The van der Waals surface area contributed by atoms with Crippen LogP contribution in [0.4, 0.5) is 5.69 Å². The number of thiocarbonyl (C=S) groups is 1. The quantitative estimate of drug-likeness (QED) is 0.384. The molecule has 0 bridgehead atoms. The summed E-state index contributed by atoms with van der Waals surface area (Å²) in [6, 6.07) is 24.2. The zero-order valence-electron chi connectivity index (χ0n) is 17.1. The molecule has 0 aliphatic rings. The summed E-state index contributed by atoms with van der Waals surface area (Å²) in [6.45, 7) is 0.318. The number of rotatable bonds is 6. The van der Waals surface area contributed by atoms with Crippen LogP contribution >= 0.6 is 12.2 Å². The summed E-state index contributed by atoms with van der Waals surface area (Å²) >= 11 is 5.26. The third kappa shape index (κ3) is 5.39. The minimum absolute atomic E-state index is 0.199. The van der Waals surface area contributed by atoms with Crippen molar-refractivity contribution in [3.63, 3.8) is 0 Å². The first kappa shape index (κ1) is 21.3. The predicted molar refractivity (Wildman–Crippen MR) is 128 cm³/mol. The summed E-state index contributed by atoms with van der Waals surface area (Å²) in [5.74, 6) is 0.271. The average Bonchev–Trinajstić information content (AvgIpc) is 3.32. The van der Waals surface area contributed by atoms with Gasteiger partial charge in [0.2, 0.25) is 5.91 Å². The fraction of sp³-hybridized carbons (Fsp3) is 0.0800. The molecular weight excluding hydrogens is 422 g/mol. The van der Waals surface area contributed by atoms with Crippen LogP contribution in [0.25, 0.3) is 10.8 Å². The number of carbonyl (C=O) groups is 2. The van der Waals surface area contributed by atoms with E-state index in [0.29, 0.717) is 23.6 Å². The van der Waals surface area contributed by atoms with Crippen LogP contribution in [-0.2, 0) is 17.8 Å². The molecule has 0 unspecified atom stereocenters. The average molecular weight is 444 g/mol. The first-order chi connectivity index (χ1) is 15.6. The largest absolute Gasteiger partial charge is 0.467 e. The van der Waals surface area contributed by atoms with Gasteiger partial charge in [-0.1, -0.05) is 42.5 Å². The lowest BCUT2D eigenvalue weighted by Gasteiger charge is -2.11. The molecule has 2 amide bonds. The van der Waals surface area contributed by atoms with Gasteiger partial charge in [-0.25, -0.2) is 0 Å². The zero-order valence-corrected chi connectivity index (χ0v) is 17.9. The van der Waals surface area contributed by atoms with Crippen LogP contribution in [0.3, 0.4) is 0 Å². The van der Waals surface area contributed by atoms with Gasteiger partial charge in [-0.05, 0) is 65.0 Å². The van der Waals surface area contributed by atoms with Gasteiger partial charge in [0.25, 0.3) is 5.91 Å². The molecule has 6 nitrogen and oxygen atoms in total. The molecule has 0 radical (unpaired) electrons. The fourth-order valence-electron chi connectivity index (χ4n) is 3.34. The Kier molecular flexibility index (Phi) is 6.57. The number of hydrogen-bond acceptors (Lipinski definition) is 4. The lowest BCUT2D eigenvalue weighted by Crippen LogP contribution is -2.35. The van der Waals surface area contributed by atoms with Crippen molar-refractivity contribution >= 4 is 45.6 Å². The molecule has 1 heterocycles. The lowest BCUT2D eigenvalue weighted by atomic mass is 10.0. The zero-order chi connectivity index (χ0) is 22.3. The highest BCUT2D eigenvalue weighted by Crippen LogP contribution is 2.19. The van der Waals surface area contributed by atoms with Gasteiger partial charge in [-0.2, -0.15) is 0 Å². The molecule has 0 saturated carbocycles. The van der Waals surface area contributed by atoms with E-state index in [1.165, 1.54) is 0 Å². The Morgan fingerprint density at radius 3 is 2.44 bits per heavy atom. The first-order valence-corrected chi connectivity index (χ1v) is 10.5. The van der Waals surface area contributed by atoms with Crippen LogP contribution in [0.15, 0.2) is 89.5 Å². The van der Waals surface area contributed by atoms with E-state index in [1.54, 1.807) is 42.7 Å². The van der Waals surface area contributed by atoms with Gasteiger partial charge in [-0.15, -0.1) is 0 Å². The minimum atomic E-state index is -0.209. The molecule has 4 aromatic rings. The molecule has 1 aromatic heterocycles. The molecule has 0 spiro atoms. The van der Waals surface area contributed by atoms with E-state index in [4.69, 9.17) is 16.6 Å². The van der Waals surface area contributed by atoms with Crippen molar-refractivity contribution in [2.45, 2.75) is 13.0 Å². The molecule has 0 fully saturated rings. The highest BCUT2D eigenvalue weighted by molar-refractivity contribution is 7.80. The standard InChI is InChI=1S/C25H21N3O3S/c29-23(15-19-7-3-6-17-5-1-2-9-22(17)19)28-25(32)27-20-12-10-18(11-13-20)24(30)26-16-21-8-4-14-31-21/h1-14H,15-16H2,(H,26,30)(H2,27,28,29,32). The summed E-state index contributed by atoms with van der Waals surface area (Å²) in [7, 11) is 0. The normalized spacial score (nSPS) is 10.5. The molecule has 32 heavy (non-hydrogen) atoms. The van der Waals surface area contributed by atoms with Gasteiger partial charge in [0.1, 0.15) is 5.76 Å². The maximum atomic E-state index is 12.5. The van der Waals surface area contributed by atoms with Crippen LogP contribution in [0.2, 0.25) is 0 Å². The smallest absolute Gasteiger partial charge is 0.251 e. The summed E-state index contributed by atoms with van der Waals surface area (Å²) in [5, 5.41) is 10.8. The van der Waals surface area contributed by atoms with Crippen molar-refractivity contribution in [3.05, 3.63) is 102 Å². The molecule has 3 N–H and O–H groups in total. The summed E-state index contributed by atoms with van der Waals surface area (Å²) in [4.78, 5) is 24.7. The maximum absolute atomic E-state index is 12.5. The van der Waals surface area contributed by atoms with E-state index < -0.39 is 0 Å². The molecular formula is C25H21N3O3S. The van der Waals surface area contributed by atoms with Gasteiger partial charge < -0.3 is 20.4 Å². The Morgan fingerprint density at radius 1 is 0.875 bits per heavy atom. The third-order valence-electron chi connectivity index (χ3n) is 4.89. The van der Waals surface area contributed by atoms with Gasteiger partial charge in [0, 0.05) is 11.3 Å². The fourth-order valence-corrected chi connectivity index (χ4v) is 3.57. The second kappa shape index (κ2) is 9.89. The van der Waals surface area contributed by atoms with Crippen LogP contribution in [0, 0.1) is 0 Å². The topological polar surface area (TPSA) is 83.4 Å². The Balaban J connectivity index is 1.29. The number of amides is 2. The van der Waals surface area contributed by atoms with Crippen LogP contribution in [-0.4, -0.2) is 16.9 Å².